The molecule has 0 amide bonds. The van der Waals surface area contributed by atoms with E-state index in [9.17, 15) is 4.39 Å². The normalized spacial score (nSPS) is 12.0. The van der Waals surface area contributed by atoms with Crippen LogP contribution in [-0.4, -0.2) is 19.0 Å². The number of rotatable bonds is 7. The van der Waals surface area contributed by atoms with E-state index in [1.165, 1.54) is 6.07 Å². The number of halogens is 2. The molecular formula is C17H18BrFO2. The van der Waals surface area contributed by atoms with E-state index in [4.69, 9.17) is 9.47 Å². The van der Waals surface area contributed by atoms with Gasteiger partial charge in [-0.1, -0.05) is 34.1 Å². The zero-order valence-electron chi connectivity index (χ0n) is 11.9. The predicted molar refractivity (Wildman–Crippen MR) is 86.0 cm³/mol. The van der Waals surface area contributed by atoms with Gasteiger partial charge in [-0.2, -0.15) is 0 Å². The van der Waals surface area contributed by atoms with Gasteiger partial charge < -0.3 is 9.47 Å². The average Bonchev–Trinajstić information content (AvgIpc) is 2.53. The number of hydrogen-bond donors (Lipinski definition) is 0. The Bertz CT molecular complexity index is 557. The Labute approximate surface area is 133 Å². The quantitative estimate of drug-likeness (QED) is 0.667. The Hall–Kier alpha value is -1.55. The SMILES string of the molecule is COc1ccc(OCCC(CBr)c2ccccc2F)cc1. The van der Waals surface area contributed by atoms with Gasteiger partial charge in [-0.15, -0.1) is 0 Å². The second kappa shape index (κ2) is 8.03. The Morgan fingerprint density at radius 1 is 1.05 bits per heavy atom. The lowest BCUT2D eigenvalue weighted by atomic mass is 9.98. The highest BCUT2D eigenvalue weighted by molar-refractivity contribution is 9.09. The molecule has 0 aliphatic carbocycles. The maximum absolute atomic E-state index is 13.8. The van der Waals surface area contributed by atoms with E-state index in [0.717, 1.165) is 23.5 Å². The van der Waals surface area contributed by atoms with Crippen LogP contribution < -0.4 is 9.47 Å². The molecule has 0 N–H and O–H groups in total. The largest absolute Gasteiger partial charge is 0.497 e. The van der Waals surface area contributed by atoms with Crippen molar-refractivity contribution in [1.82, 2.24) is 0 Å². The first-order valence-electron chi connectivity index (χ1n) is 6.82. The lowest BCUT2D eigenvalue weighted by molar-refractivity contribution is 0.300. The van der Waals surface area contributed by atoms with Crippen molar-refractivity contribution in [3.05, 3.63) is 59.9 Å². The standard InChI is InChI=1S/C17H18BrFO2/c1-20-14-6-8-15(9-7-14)21-11-10-13(12-18)16-4-2-3-5-17(16)19/h2-9,13H,10-12H2,1H3. The molecule has 0 saturated carbocycles. The zero-order valence-corrected chi connectivity index (χ0v) is 13.5. The molecule has 0 radical (unpaired) electrons. The van der Waals surface area contributed by atoms with E-state index in [1.54, 1.807) is 13.2 Å². The van der Waals surface area contributed by atoms with Gasteiger partial charge >= 0.3 is 0 Å². The van der Waals surface area contributed by atoms with E-state index < -0.39 is 0 Å². The molecule has 2 aromatic rings. The van der Waals surface area contributed by atoms with Crippen molar-refractivity contribution < 1.29 is 13.9 Å². The predicted octanol–water partition coefficient (Wildman–Crippen LogP) is 4.78. The average molecular weight is 353 g/mol. The van der Waals surface area contributed by atoms with Crippen LogP contribution in [0.4, 0.5) is 4.39 Å². The van der Waals surface area contributed by atoms with Crippen LogP contribution >= 0.6 is 15.9 Å². The van der Waals surface area contributed by atoms with Crippen molar-refractivity contribution in [2.24, 2.45) is 0 Å². The third kappa shape index (κ3) is 4.46. The summed E-state index contributed by atoms with van der Waals surface area (Å²) in [5.74, 6) is 1.53. The van der Waals surface area contributed by atoms with E-state index in [0.29, 0.717) is 11.9 Å². The van der Waals surface area contributed by atoms with Gasteiger partial charge in [-0.05, 0) is 48.2 Å². The van der Waals surface area contributed by atoms with Crippen molar-refractivity contribution in [2.45, 2.75) is 12.3 Å². The summed E-state index contributed by atoms with van der Waals surface area (Å²) < 4.78 is 24.6. The molecule has 0 aliphatic heterocycles. The van der Waals surface area contributed by atoms with Crippen molar-refractivity contribution in [3.8, 4) is 11.5 Å². The molecule has 21 heavy (non-hydrogen) atoms. The minimum atomic E-state index is -0.161. The van der Waals surface area contributed by atoms with Crippen molar-refractivity contribution in [1.29, 1.82) is 0 Å². The van der Waals surface area contributed by atoms with E-state index in [-0.39, 0.29) is 11.7 Å². The van der Waals surface area contributed by atoms with Crippen LogP contribution in [0.25, 0.3) is 0 Å². The van der Waals surface area contributed by atoms with Gasteiger partial charge in [0.15, 0.2) is 0 Å². The Morgan fingerprint density at radius 2 is 1.71 bits per heavy atom. The van der Waals surface area contributed by atoms with Gasteiger partial charge in [-0.25, -0.2) is 4.39 Å². The molecule has 0 fully saturated rings. The molecule has 2 aromatic carbocycles. The first kappa shape index (κ1) is 15.8. The highest BCUT2D eigenvalue weighted by Crippen LogP contribution is 2.25. The van der Waals surface area contributed by atoms with Gasteiger partial charge in [0.2, 0.25) is 0 Å². The van der Waals surface area contributed by atoms with Crippen LogP contribution in [0.5, 0.6) is 11.5 Å². The van der Waals surface area contributed by atoms with Crippen LogP contribution in [0.2, 0.25) is 0 Å². The summed E-state index contributed by atoms with van der Waals surface area (Å²) in [5, 5.41) is 0.708. The molecular weight excluding hydrogens is 335 g/mol. The van der Waals surface area contributed by atoms with Crippen molar-refractivity contribution >= 4 is 15.9 Å². The number of ether oxygens (including phenoxy) is 2. The third-order valence-electron chi connectivity index (χ3n) is 3.33. The van der Waals surface area contributed by atoms with Crippen LogP contribution in [0.3, 0.4) is 0 Å². The molecule has 0 aromatic heterocycles. The molecule has 0 aliphatic rings. The smallest absolute Gasteiger partial charge is 0.126 e. The highest BCUT2D eigenvalue weighted by atomic mass is 79.9. The lowest BCUT2D eigenvalue weighted by Gasteiger charge is -2.16. The summed E-state index contributed by atoms with van der Waals surface area (Å²) in [4.78, 5) is 0. The first-order valence-corrected chi connectivity index (χ1v) is 7.94. The molecule has 0 bridgehead atoms. The third-order valence-corrected chi connectivity index (χ3v) is 4.11. The molecule has 1 atom stereocenters. The minimum absolute atomic E-state index is 0.101. The molecule has 0 saturated heterocycles. The molecule has 2 rings (SSSR count). The van der Waals surface area contributed by atoms with Gasteiger partial charge in [0.25, 0.3) is 0 Å². The molecule has 0 heterocycles. The topological polar surface area (TPSA) is 18.5 Å². The first-order chi connectivity index (χ1) is 10.2. The zero-order chi connectivity index (χ0) is 15.1. The Kier molecular flexibility index (Phi) is 6.05. The minimum Gasteiger partial charge on any atom is -0.497 e. The van der Waals surface area contributed by atoms with E-state index in [1.807, 2.05) is 36.4 Å². The second-order valence-electron chi connectivity index (χ2n) is 4.69. The van der Waals surface area contributed by atoms with Crippen molar-refractivity contribution in [2.75, 3.05) is 19.0 Å². The molecule has 4 heteroatoms. The summed E-state index contributed by atoms with van der Waals surface area (Å²) in [5.41, 5.74) is 0.729. The lowest BCUT2D eigenvalue weighted by Crippen LogP contribution is -2.08. The van der Waals surface area contributed by atoms with Gasteiger partial charge in [0, 0.05) is 5.33 Å². The molecule has 2 nitrogen and oxygen atoms in total. The van der Waals surface area contributed by atoms with Crippen LogP contribution in [-0.2, 0) is 0 Å². The summed E-state index contributed by atoms with van der Waals surface area (Å²) in [6.45, 7) is 0.539. The molecule has 112 valence electrons. The monoisotopic (exact) mass is 352 g/mol. The Morgan fingerprint density at radius 3 is 2.33 bits per heavy atom. The highest BCUT2D eigenvalue weighted by Gasteiger charge is 2.14. The van der Waals surface area contributed by atoms with Gasteiger partial charge in [-0.3, -0.25) is 0 Å². The Balaban J connectivity index is 1.90. The number of methoxy groups -OCH3 is 1. The van der Waals surface area contributed by atoms with Gasteiger partial charge in [0.05, 0.1) is 13.7 Å². The molecule has 0 spiro atoms. The van der Waals surface area contributed by atoms with Gasteiger partial charge in [0.1, 0.15) is 17.3 Å². The number of alkyl halides is 1. The fourth-order valence-electron chi connectivity index (χ4n) is 2.11. The van der Waals surface area contributed by atoms with E-state index >= 15 is 0 Å². The maximum Gasteiger partial charge on any atom is 0.126 e. The summed E-state index contributed by atoms with van der Waals surface area (Å²) in [7, 11) is 1.63. The molecule has 1 unspecified atom stereocenters. The number of hydrogen-bond acceptors (Lipinski definition) is 2. The fraction of sp³-hybridized carbons (Fsp3) is 0.294. The maximum atomic E-state index is 13.8. The van der Waals surface area contributed by atoms with Crippen LogP contribution in [0.15, 0.2) is 48.5 Å². The van der Waals surface area contributed by atoms with Crippen molar-refractivity contribution in [3.63, 3.8) is 0 Å². The van der Waals surface area contributed by atoms with Crippen LogP contribution in [0, 0.1) is 5.82 Å². The number of benzene rings is 2. The summed E-state index contributed by atoms with van der Waals surface area (Å²) in [6, 6.07) is 14.3. The fourth-order valence-corrected chi connectivity index (χ4v) is 2.79. The van der Waals surface area contributed by atoms with Crippen LogP contribution in [0.1, 0.15) is 17.9 Å². The summed E-state index contributed by atoms with van der Waals surface area (Å²) in [6.07, 6.45) is 0.748. The second-order valence-corrected chi connectivity index (χ2v) is 5.33. The van der Waals surface area contributed by atoms with E-state index in [2.05, 4.69) is 15.9 Å². The summed E-state index contributed by atoms with van der Waals surface area (Å²) >= 11 is 3.45.